The van der Waals surface area contributed by atoms with Gasteiger partial charge in [-0.3, -0.25) is 23.3 Å². The zero-order valence-electron chi connectivity index (χ0n) is 26.4. The molecule has 0 bridgehead atoms. The minimum atomic E-state index is -5.85. The molecule has 1 aliphatic rings. The van der Waals surface area contributed by atoms with Gasteiger partial charge < -0.3 is 67.4 Å². The summed E-state index contributed by atoms with van der Waals surface area (Å²) in [7, 11) is -17.3. The van der Waals surface area contributed by atoms with Crippen LogP contribution in [0.5, 0.6) is 0 Å². The van der Waals surface area contributed by atoms with Crippen LogP contribution in [-0.2, 0) is 50.9 Å². The SMILES string of the molecule is CCCCCC(=O)OC[C@H](COP(=O)([O-])O[C@H]1[C@H](O)[C@@H](O)[C@H](OP(=O)([O-])O)[C@@H](OP(=O)([O-])O)[C@H]1O)OC(=O)CCCCC.[Na+].[Na+].[Na+]. The molecule has 10 atom stereocenters. The summed E-state index contributed by atoms with van der Waals surface area (Å²) in [5, 5.41) is 31.0. The molecule has 0 aliphatic heterocycles. The molecule has 25 heteroatoms. The fraction of sp³-hybridized carbons (Fsp3) is 0.905. The van der Waals surface area contributed by atoms with Crippen LogP contribution in [0, 0.1) is 0 Å². The third kappa shape index (κ3) is 21.5. The monoisotopic (exact) mass is 756 g/mol. The van der Waals surface area contributed by atoms with E-state index in [-0.39, 0.29) is 102 Å². The first-order valence-electron chi connectivity index (χ1n) is 13.3. The Bertz CT molecular complexity index is 1030. The van der Waals surface area contributed by atoms with Crippen LogP contribution in [0.25, 0.3) is 0 Å². The predicted molar refractivity (Wildman–Crippen MR) is 135 cm³/mol. The number of carbonyl (C=O) groups is 2. The minimum absolute atomic E-state index is 0. The van der Waals surface area contributed by atoms with Crippen molar-refractivity contribution < 1.29 is 179 Å². The maximum Gasteiger partial charge on any atom is 1.00 e. The third-order valence-electron chi connectivity index (χ3n) is 5.90. The average Bonchev–Trinajstić information content (AvgIpc) is 2.88. The smallest absolute Gasteiger partial charge is 0.756 e. The molecule has 0 saturated heterocycles. The van der Waals surface area contributed by atoms with E-state index in [1.165, 1.54) is 0 Å². The molecule has 19 nitrogen and oxygen atoms in total. The number of aliphatic hydroxyl groups excluding tert-OH is 3. The molecular formula is C21H38Na3O19P3. The van der Waals surface area contributed by atoms with Crippen LogP contribution in [0.4, 0.5) is 0 Å². The molecule has 254 valence electrons. The second-order valence-electron chi connectivity index (χ2n) is 9.57. The van der Waals surface area contributed by atoms with Gasteiger partial charge in [0.25, 0.3) is 23.5 Å². The van der Waals surface area contributed by atoms with Gasteiger partial charge in [0, 0.05) is 12.8 Å². The van der Waals surface area contributed by atoms with E-state index < -0.39 is 91.3 Å². The number of hydrogen-bond donors (Lipinski definition) is 5. The molecule has 0 aromatic rings. The Balaban J connectivity index is -0.00000616. The number of rotatable bonds is 20. The van der Waals surface area contributed by atoms with Crippen LogP contribution in [0.3, 0.4) is 0 Å². The van der Waals surface area contributed by atoms with Crippen molar-refractivity contribution in [3.05, 3.63) is 0 Å². The van der Waals surface area contributed by atoms with Crippen molar-refractivity contribution >= 4 is 35.4 Å². The first-order valence-corrected chi connectivity index (χ1v) is 17.7. The minimum Gasteiger partial charge on any atom is -0.756 e. The molecule has 0 aromatic heterocycles. The van der Waals surface area contributed by atoms with E-state index in [1.807, 2.05) is 13.8 Å². The summed E-state index contributed by atoms with van der Waals surface area (Å²) in [6.07, 6.45) is -13.0. The van der Waals surface area contributed by atoms with Crippen molar-refractivity contribution in [2.75, 3.05) is 13.2 Å². The largest absolute Gasteiger partial charge is 1.00 e. The molecule has 3 unspecified atom stereocenters. The second kappa shape index (κ2) is 25.2. The molecule has 0 amide bonds. The van der Waals surface area contributed by atoms with E-state index in [4.69, 9.17) is 19.3 Å². The number of phosphoric ester groups is 3. The fourth-order valence-electron chi connectivity index (χ4n) is 3.85. The molecule has 0 radical (unpaired) electrons. The number of ether oxygens (including phenoxy) is 2. The van der Waals surface area contributed by atoms with E-state index in [0.717, 1.165) is 19.3 Å². The zero-order valence-corrected chi connectivity index (χ0v) is 35.1. The van der Waals surface area contributed by atoms with E-state index in [9.17, 15) is 53.3 Å². The van der Waals surface area contributed by atoms with E-state index >= 15 is 0 Å². The molecule has 5 N–H and O–H groups in total. The van der Waals surface area contributed by atoms with Crippen molar-refractivity contribution in [1.82, 2.24) is 0 Å². The molecule has 46 heavy (non-hydrogen) atoms. The Kier molecular flexibility index (Phi) is 28.7. The van der Waals surface area contributed by atoms with Crippen molar-refractivity contribution in [1.29, 1.82) is 0 Å². The Morgan fingerprint density at radius 2 is 1.11 bits per heavy atom. The summed E-state index contributed by atoms with van der Waals surface area (Å²) in [5.74, 6) is -1.42. The topological polar surface area (TPSA) is 311 Å². The number of hydrogen-bond acceptors (Lipinski definition) is 17. The van der Waals surface area contributed by atoms with Crippen LogP contribution >= 0.6 is 23.5 Å². The van der Waals surface area contributed by atoms with Gasteiger partial charge in [-0.2, -0.15) is 0 Å². The normalized spacial score (nSPS) is 27.2. The van der Waals surface area contributed by atoms with Gasteiger partial charge in [-0.05, 0) is 12.8 Å². The Morgan fingerprint density at radius 1 is 0.674 bits per heavy atom. The molecule has 1 fully saturated rings. The Morgan fingerprint density at radius 3 is 1.57 bits per heavy atom. The number of unbranched alkanes of at least 4 members (excludes halogenated alkanes) is 4. The molecule has 1 rings (SSSR count). The summed E-state index contributed by atoms with van der Waals surface area (Å²) in [6, 6.07) is 0. The van der Waals surface area contributed by atoms with Crippen molar-refractivity contribution in [3.8, 4) is 0 Å². The molecule has 0 heterocycles. The molecular weight excluding hydrogens is 718 g/mol. The summed E-state index contributed by atoms with van der Waals surface area (Å²) < 4.78 is 62.5. The summed E-state index contributed by atoms with van der Waals surface area (Å²) >= 11 is 0. The Labute approximate surface area is 332 Å². The summed E-state index contributed by atoms with van der Waals surface area (Å²) in [5.41, 5.74) is 0. The van der Waals surface area contributed by atoms with Crippen LogP contribution < -0.4 is 103 Å². The van der Waals surface area contributed by atoms with Gasteiger partial charge in [0.2, 0.25) is 0 Å². The maximum atomic E-state index is 12.6. The Hall–Kier alpha value is 2.15. The van der Waals surface area contributed by atoms with Gasteiger partial charge in [0.15, 0.2) is 6.10 Å². The summed E-state index contributed by atoms with van der Waals surface area (Å²) in [4.78, 5) is 77.1. The third-order valence-corrected chi connectivity index (χ3v) is 7.88. The zero-order chi connectivity index (χ0) is 33.0. The van der Waals surface area contributed by atoms with Crippen LogP contribution in [0.15, 0.2) is 0 Å². The predicted octanol–water partition coefficient (Wildman–Crippen LogP) is -10.7. The van der Waals surface area contributed by atoms with E-state index in [1.54, 1.807) is 0 Å². The number of aliphatic hydroxyl groups is 3. The molecule has 0 spiro atoms. The van der Waals surface area contributed by atoms with E-state index in [2.05, 4.69) is 18.1 Å². The van der Waals surface area contributed by atoms with Gasteiger partial charge in [-0.1, -0.05) is 39.5 Å². The van der Waals surface area contributed by atoms with Crippen LogP contribution in [-0.4, -0.2) is 93.0 Å². The van der Waals surface area contributed by atoms with Gasteiger partial charge >= 0.3 is 101 Å². The van der Waals surface area contributed by atoms with Gasteiger partial charge in [-0.15, -0.1) is 0 Å². The average molecular weight is 756 g/mol. The first-order chi connectivity index (χ1) is 19.8. The van der Waals surface area contributed by atoms with Crippen LogP contribution in [0.1, 0.15) is 65.2 Å². The number of carbonyl (C=O) groups excluding carboxylic acids is 2. The standard InChI is InChI=1S/C21H41O19P3.3Na/c1-3-5-7-9-14(22)35-11-13(37-15(23)10-8-6-4-2)12-36-43(33,34)40-19-16(24)17(25)20(38-41(27,28)29)21(18(19)26)39-42(30,31)32;;;/h13,16-21,24-26H,3-12H2,1-2H3,(H,33,34)(H2,27,28,29)(H2,30,31,32);;;/q;3*+1/p-3/t13-,16-,17-,18+,19+,20+,21+;;;/m1.../s1. The van der Waals surface area contributed by atoms with Gasteiger partial charge in [0.05, 0.1) is 6.61 Å². The molecule has 1 saturated carbocycles. The van der Waals surface area contributed by atoms with Crippen LogP contribution in [0.2, 0.25) is 0 Å². The first kappa shape index (κ1) is 52.5. The molecule has 0 aromatic carbocycles. The fourth-order valence-corrected chi connectivity index (χ4v) is 5.92. The summed E-state index contributed by atoms with van der Waals surface area (Å²) in [6.45, 7) is 2.20. The van der Waals surface area contributed by atoms with Crippen molar-refractivity contribution in [3.63, 3.8) is 0 Å². The second-order valence-corrected chi connectivity index (χ2v) is 13.2. The van der Waals surface area contributed by atoms with Crippen molar-refractivity contribution in [2.24, 2.45) is 0 Å². The number of phosphoric acid groups is 3. The van der Waals surface area contributed by atoms with E-state index in [0.29, 0.717) is 19.3 Å². The van der Waals surface area contributed by atoms with Gasteiger partial charge in [-0.25, -0.2) is 0 Å². The quantitative estimate of drug-likeness (QED) is 0.0333. The maximum absolute atomic E-state index is 12.6. The number of esters is 2. The van der Waals surface area contributed by atoms with Gasteiger partial charge in [0.1, 0.15) is 43.2 Å². The van der Waals surface area contributed by atoms with Crippen molar-refractivity contribution in [2.45, 2.75) is 108 Å². The molecule has 1 aliphatic carbocycles.